The van der Waals surface area contributed by atoms with Crippen molar-refractivity contribution in [3.05, 3.63) is 52.8 Å². The fourth-order valence-electron chi connectivity index (χ4n) is 2.51. The summed E-state index contributed by atoms with van der Waals surface area (Å²) in [5.74, 6) is 1.18. The van der Waals surface area contributed by atoms with E-state index in [2.05, 4.69) is 68.1 Å². The van der Waals surface area contributed by atoms with E-state index in [1.807, 2.05) is 4.68 Å². The minimum Gasteiger partial charge on any atom is -0.474 e. The van der Waals surface area contributed by atoms with Gasteiger partial charge in [0.2, 0.25) is 5.90 Å². The number of benzene rings is 1. The molecule has 1 aliphatic heterocycles. The van der Waals surface area contributed by atoms with Crippen LogP contribution in [0.5, 0.6) is 0 Å². The van der Waals surface area contributed by atoms with E-state index in [9.17, 15) is 0 Å². The van der Waals surface area contributed by atoms with Crippen molar-refractivity contribution in [1.29, 1.82) is 0 Å². The van der Waals surface area contributed by atoms with Crippen molar-refractivity contribution in [2.75, 3.05) is 6.61 Å². The summed E-state index contributed by atoms with van der Waals surface area (Å²) in [6.45, 7) is 9.94. The highest BCUT2D eigenvalue weighted by molar-refractivity contribution is 5.93. The van der Waals surface area contributed by atoms with Crippen LogP contribution in [-0.2, 0) is 11.3 Å². The van der Waals surface area contributed by atoms with Crippen molar-refractivity contribution in [3.63, 3.8) is 0 Å². The Morgan fingerprint density at radius 2 is 1.95 bits per heavy atom. The van der Waals surface area contributed by atoms with Gasteiger partial charge in [-0.2, -0.15) is 5.10 Å². The quantitative estimate of drug-likeness (QED) is 0.868. The molecule has 2 aromatic rings. The summed E-state index contributed by atoms with van der Waals surface area (Å²) in [6.07, 6.45) is 0. The Kier molecular flexibility index (Phi) is 4.01. The van der Waals surface area contributed by atoms with Crippen LogP contribution in [0, 0.1) is 19.8 Å². The van der Waals surface area contributed by atoms with E-state index in [4.69, 9.17) is 4.74 Å². The molecule has 116 valence electrons. The van der Waals surface area contributed by atoms with E-state index < -0.39 is 0 Å². The van der Waals surface area contributed by atoms with Gasteiger partial charge < -0.3 is 4.74 Å². The molecule has 0 radical (unpaired) electrons. The summed E-state index contributed by atoms with van der Waals surface area (Å²) in [7, 11) is 0. The second kappa shape index (κ2) is 5.95. The molecule has 0 aliphatic carbocycles. The highest BCUT2D eigenvalue weighted by atomic mass is 16.5. The molecular weight excluding hydrogens is 274 g/mol. The zero-order valence-corrected chi connectivity index (χ0v) is 13.7. The summed E-state index contributed by atoms with van der Waals surface area (Å²) in [5, 5.41) is 4.66. The molecule has 0 amide bonds. The molecule has 1 unspecified atom stereocenters. The number of hydrogen-bond donors (Lipinski definition) is 0. The van der Waals surface area contributed by atoms with E-state index in [1.165, 1.54) is 11.1 Å². The van der Waals surface area contributed by atoms with Gasteiger partial charge in [-0.1, -0.05) is 43.7 Å². The lowest BCUT2D eigenvalue weighted by Crippen LogP contribution is -2.13. The van der Waals surface area contributed by atoms with Gasteiger partial charge in [0.25, 0.3) is 0 Å². The first-order valence-corrected chi connectivity index (χ1v) is 7.84. The first-order valence-electron chi connectivity index (χ1n) is 7.84. The van der Waals surface area contributed by atoms with Crippen LogP contribution in [0.4, 0.5) is 0 Å². The Bertz CT molecular complexity index is 683. The van der Waals surface area contributed by atoms with Crippen LogP contribution >= 0.6 is 0 Å². The van der Waals surface area contributed by atoms with Crippen molar-refractivity contribution >= 4 is 5.90 Å². The van der Waals surface area contributed by atoms with Gasteiger partial charge in [0.1, 0.15) is 12.3 Å². The number of rotatable bonds is 4. The molecule has 0 saturated heterocycles. The topological polar surface area (TPSA) is 39.4 Å². The van der Waals surface area contributed by atoms with E-state index in [0.717, 1.165) is 17.9 Å². The van der Waals surface area contributed by atoms with Gasteiger partial charge in [-0.05, 0) is 31.4 Å². The number of aromatic nitrogens is 2. The maximum absolute atomic E-state index is 5.72. The number of aryl methyl sites for hydroxylation is 2. The van der Waals surface area contributed by atoms with Crippen LogP contribution in [0.2, 0.25) is 0 Å². The molecule has 1 aromatic heterocycles. The molecule has 0 N–H and O–H groups in total. The fourth-order valence-corrected chi connectivity index (χ4v) is 2.51. The summed E-state index contributed by atoms with van der Waals surface area (Å²) >= 11 is 0. The van der Waals surface area contributed by atoms with Crippen molar-refractivity contribution in [2.45, 2.75) is 40.3 Å². The largest absolute Gasteiger partial charge is 0.474 e. The minimum atomic E-state index is 0.248. The van der Waals surface area contributed by atoms with E-state index in [1.54, 1.807) is 0 Å². The van der Waals surface area contributed by atoms with Gasteiger partial charge >= 0.3 is 0 Å². The Morgan fingerprint density at radius 3 is 2.59 bits per heavy atom. The fraction of sp³-hybridized carbons (Fsp3) is 0.444. The van der Waals surface area contributed by atoms with Crippen LogP contribution < -0.4 is 0 Å². The predicted octanol–water partition coefficient (Wildman–Crippen LogP) is 3.35. The summed E-state index contributed by atoms with van der Waals surface area (Å²) in [4.78, 5) is 4.65. The van der Waals surface area contributed by atoms with Gasteiger partial charge in [0, 0.05) is 5.69 Å². The van der Waals surface area contributed by atoms with E-state index >= 15 is 0 Å². The normalized spacial score (nSPS) is 17.7. The second-order valence-corrected chi connectivity index (χ2v) is 6.37. The molecule has 0 saturated carbocycles. The van der Waals surface area contributed by atoms with Crippen LogP contribution in [0.25, 0.3) is 0 Å². The van der Waals surface area contributed by atoms with Crippen LogP contribution in [0.3, 0.4) is 0 Å². The molecule has 1 aliphatic rings. The Morgan fingerprint density at radius 1 is 1.23 bits per heavy atom. The first-order chi connectivity index (χ1) is 10.5. The third-order valence-electron chi connectivity index (χ3n) is 4.10. The summed E-state index contributed by atoms with van der Waals surface area (Å²) < 4.78 is 7.73. The number of hydrogen-bond acceptors (Lipinski definition) is 3. The van der Waals surface area contributed by atoms with E-state index in [-0.39, 0.29) is 6.04 Å². The summed E-state index contributed by atoms with van der Waals surface area (Å²) in [5.41, 5.74) is 4.48. The molecule has 0 spiro atoms. The third-order valence-corrected chi connectivity index (χ3v) is 4.10. The Hall–Kier alpha value is -2.10. The standard InChI is InChI=1S/C18H23N3O/c1-12(2)17-11-22-18(19-17)16-9-14(4)21(20-16)10-15-7-5-13(3)6-8-15/h5-9,12,17H,10-11H2,1-4H3. The Balaban J connectivity index is 1.79. The molecule has 3 rings (SSSR count). The van der Waals surface area contributed by atoms with Gasteiger partial charge in [0.15, 0.2) is 0 Å². The van der Waals surface area contributed by atoms with Gasteiger partial charge in [-0.3, -0.25) is 4.68 Å². The van der Waals surface area contributed by atoms with Crippen molar-refractivity contribution < 1.29 is 4.74 Å². The lowest BCUT2D eigenvalue weighted by molar-refractivity contribution is 0.291. The zero-order chi connectivity index (χ0) is 15.7. The molecule has 2 heterocycles. The van der Waals surface area contributed by atoms with Crippen LogP contribution in [0.15, 0.2) is 35.3 Å². The number of aliphatic imine (C=N–C) groups is 1. The summed E-state index contributed by atoms with van der Waals surface area (Å²) in [6, 6.07) is 10.9. The Labute approximate surface area is 131 Å². The first kappa shape index (κ1) is 14.8. The van der Waals surface area contributed by atoms with E-state index in [0.29, 0.717) is 18.4 Å². The molecule has 1 atom stereocenters. The zero-order valence-electron chi connectivity index (χ0n) is 13.7. The second-order valence-electron chi connectivity index (χ2n) is 6.37. The third kappa shape index (κ3) is 3.06. The van der Waals surface area contributed by atoms with Gasteiger partial charge in [-0.25, -0.2) is 4.99 Å². The van der Waals surface area contributed by atoms with Crippen molar-refractivity contribution in [3.8, 4) is 0 Å². The maximum Gasteiger partial charge on any atom is 0.237 e. The average Bonchev–Trinajstić information content (AvgIpc) is 3.09. The SMILES string of the molecule is Cc1ccc(Cn2nc(C3=NC(C(C)C)CO3)cc2C)cc1. The smallest absolute Gasteiger partial charge is 0.237 e. The molecule has 22 heavy (non-hydrogen) atoms. The van der Waals surface area contributed by atoms with Gasteiger partial charge in [0.05, 0.1) is 12.6 Å². The van der Waals surface area contributed by atoms with Crippen molar-refractivity contribution in [1.82, 2.24) is 9.78 Å². The molecule has 4 heteroatoms. The molecular formula is C18H23N3O. The highest BCUT2D eigenvalue weighted by Gasteiger charge is 2.24. The lowest BCUT2D eigenvalue weighted by atomic mass is 10.1. The average molecular weight is 297 g/mol. The van der Waals surface area contributed by atoms with Crippen LogP contribution in [0.1, 0.15) is 36.4 Å². The molecule has 0 fully saturated rings. The minimum absolute atomic E-state index is 0.248. The van der Waals surface area contributed by atoms with Crippen LogP contribution in [-0.4, -0.2) is 28.3 Å². The van der Waals surface area contributed by atoms with Crippen molar-refractivity contribution in [2.24, 2.45) is 10.9 Å². The maximum atomic E-state index is 5.72. The number of ether oxygens (including phenoxy) is 1. The molecule has 1 aromatic carbocycles. The molecule has 4 nitrogen and oxygen atoms in total. The molecule has 0 bridgehead atoms. The monoisotopic (exact) mass is 297 g/mol. The van der Waals surface area contributed by atoms with Gasteiger partial charge in [-0.15, -0.1) is 0 Å². The highest BCUT2D eigenvalue weighted by Crippen LogP contribution is 2.18. The lowest BCUT2D eigenvalue weighted by Gasteiger charge is -2.06. The number of nitrogens with zero attached hydrogens (tertiary/aromatic N) is 3. The predicted molar refractivity (Wildman–Crippen MR) is 88.4 cm³/mol.